The molecule has 2 atom stereocenters. The topological polar surface area (TPSA) is 59.0 Å². The van der Waals surface area contributed by atoms with E-state index in [0.717, 1.165) is 37.9 Å². The van der Waals surface area contributed by atoms with Gasteiger partial charge in [0.1, 0.15) is 0 Å². The minimum Gasteiger partial charge on any atom is -0.348 e. The van der Waals surface area contributed by atoms with Gasteiger partial charge in [0.15, 0.2) is 0 Å². The maximum Gasteiger partial charge on any atom is 0.224 e. The molecule has 0 aromatic carbocycles. The third-order valence-electron chi connectivity index (χ3n) is 5.32. The van der Waals surface area contributed by atoms with Crippen LogP contribution in [0.3, 0.4) is 0 Å². The number of nitrogens with zero attached hydrogens (tertiary/aromatic N) is 2. The normalized spacial score (nSPS) is 25.0. The van der Waals surface area contributed by atoms with E-state index in [-0.39, 0.29) is 28.7 Å². The van der Waals surface area contributed by atoms with E-state index in [1.54, 1.807) is 4.68 Å². The lowest BCUT2D eigenvalue weighted by Crippen LogP contribution is -2.39. The standard InChI is InChI=1S/C17H28N4O/c1-16(2,3)14(12-10-19-21(4)11-12)20-15(22)13-9-17(13)5-7-18-8-6-17/h10-11,13-14,18H,5-9H2,1-4H3,(H,20,22). The van der Waals surface area contributed by atoms with Crippen molar-refractivity contribution in [2.75, 3.05) is 13.1 Å². The average Bonchev–Trinajstić information content (AvgIpc) is 2.95. The molecule has 0 bridgehead atoms. The fraction of sp³-hybridized carbons (Fsp3) is 0.765. The Balaban J connectivity index is 1.70. The van der Waals surface area contributed by atoms with Gasteiger partial charge < -0.3 is 10.6 Å². The molecule has 1 amide bonds. The second kappa shape index (κ2) is 5.37. The van der Waals surface area contributed by atoms with Crippen molar-refractivity contribution in [3.05, 3.63) is 18.0 Å². The third-order valence-corrected chi connectivity index (χ3v) is 5.32. The highest BCUT2D eigenvalue weighted by Gasteiger charge is 2.58. The van der Waals surface area contributed by atoms with E-state index < -0.39 is 0 Å². The Hall–Kier alpha value is -1.36. The van der Waals surface area contributed by atoms with Crippen LogP contribution in [0.1, 0.15) is 51.6 Å². The molecular weight excluding hydrogens is 276 g/mol. The third kappa shape index (κ3) is 2.91. The first-order valence-electron chi connectivity index (χ1n) is 8.31. The predicted octanol–water partition coefficient (Wildman–Crippen LogP) is 2.01. The van der Waals surface area contributed by atoms with Gasteiger partial charge in [-0.05, 0) is 43.2 Å². The lowest BCUT2D eigenvalue weighted by Gasteiger charge is -2.31. The Morgan fingerprint density at radius 2 is 2.14 bits per heavy atom. The summed E-state index contributed by atoms with van der Waals surface area (Å²) in [7, 11) is 1.91. The quantitative estimate of drug-likeness (QED) is 0.898. The van der Waals surface area contributed by atoms with Crippen molar-refractivity contribution in [2.45, 2.75) is 46.1 Å². The largest absolute Gasteiger partial charge is 0.348 e. The first-order chi connectivity index (χ1) is 10.3. The highest BCUT2D eigenvalue weighted by atomic mass is 16.2. The summed E-state index contributed by atoms with van der Waals surface area (Å²) in [4.78, 5) is 12.8. The van der Waals surface area contributed by atoms with Gasteiger partial charge in [-0.25, -0.2) is 0 Å². The minimum absolute atomic E-state index is 0.00747. The molecule has 2 fully saturated rings. The minimum atomic E-state index is -0.0329. The van der Waals surface area contributed by atoms with Crippen LogP contribution in [0.4, 0.5) is 0 Å². The number of hydrogen-bond acceptors (Lipinski definition) is 3. The zero-order chi connectivity index (χ0) is 16.0. The fourth-order valence-corrected chi connectivity index (χ4v) is 3.83. The van der Waals surface area contributed by atoms with Crippen molar-refractivity contribution < 1.29 is 4.79 Å². The Labute approximate surface area is 132 Å². The lowest BCUT2D eigenvalue weighted by atomic mass is 9.83. The molecule has 1 aromatic rings. The smallest absolute Gasteiger partial charge is 0.224 e. The first-order valence-corrected chi connectivity index (χ1v) is 8.31. The van der Waals surface area contributed by atoms with Crippen molar-refractivity contribution >= 4 is 5.91 Å². The van der Waals surface area contributed by atoms with Gasteiger partial charge >= 0.3 is 0 Å². The van der Waals surface area contributed by atoms with Crippen molar-refractivity contribution in [3.8, 4) is 0 Å². The van der Waals surface area contributed by atoms with Crippen molar-refractivity contribution in [1.29, 1.82) is 0 Å². The summed E-state index contributed by atoms with van der Waals surface area (Å²) < 4.78 is 1.80. The van der Waals surface area contributed by atoms with Crippen LogP contribution in [-0.4, -0.2) is 28.8 Å². The summed E-state index contributed by atoms with van der Waals surface area (Å²) in [5, 5.41) is 11.0. The number of piperidine rings is 1. The Morgan fingerprint density at radius 1 is 1.45 bits per heavy atom. The molecule has 22 heavy (non-hydrogen) atoms. The van der Waals surface area contributed by atoms with Gasteiger partial charge in [0, 0.05) is 24.7 Å². The number of carbonyl (C=O) groups excluding carboxylic acids is 1. The molecule has 1 spiro atoms. The van der Waals surface area contributed by atoms with Crippen molar-refractivity contribution in [3.63, 3.8) is 0 Å². The maximum absolute atomic E-state index is 12.8. The van der Waals surface area contributed by atoms with Gasteiger partial charge in [0.05, 0.1) is 12.2 Å². The number of rotatable bonds is 3. The second-order valence-electron chi connectivity index (χ2n) is 8.12. The van der Waals surface area contributed by atoms with Crippen molar-refractivity contribution in [1.82, 2.24) is 20.4 Å². The number of carbonyl (C=O) groups is 1. The van der Waals surface area contributed by atoms with Gasteiger partial charge in [-0.1, -0.05) is 20.8 Å². The van der Waals surface area contributed by atoms with Gasteiger partial charge in [-0.3, -0.25) is 9.48 Å². The van der Waals surface area contributed by atoms with Crippen LogP contribution in [-0.2, 0) is 11.8 Å². The van der Waals surface area contributed by atoms with Crippen LogP contribution in [0.2, 0.25) is 0 Å². The van der Waals surface area contributed by atoms with Gasteiger partial charge in [0.2, 0.25) is 5.91 Å². The van der Waals surface area contributed by atoms with Crippen LogP contribution in [0, 0.1) is 16.7 Å². The molecular formula is C17H28N4O. The summed E-state index contributed by atoms with van der Waals surface area (Å²) in [5.41, 5.74) is 1.34. The van der Waals surface area contributed by atoms with E-state index in [1.165, 1.54) is 0 Å². The van der Waals surface area contributed by atoms with E-state index in [9.17, 15) is 4.79 Å². The molecule has 1 aromatic heterocycles. The van der Waals surface area contributed by atoms with E-state index in [1.807, 2.05) is 19.4 Å². The molecule has 5 nitrogen and oxygen atoms in total. The molecule has 1 aliphatic carbocycles. The average molecular weight is 304 g/mol. The molecule has 1 aliphatic heterocycles. The molecule has 5 heteroatoms. The number of aryl methyl sites for hydroxylation is 1. The second-order valence-corrected chi connectivity index (χ2v) is 8.12. The Morgan fingerprint density at radius 3 is 2.68 bits per heavy atom. The molecule has 3 rings (SSSR count). The van der Waals surface area contributed by atoms with Crippen LogP contribution >= 0.6 is 0 Å². The maximum atomic E-state index is 12.8. The lowest BCUT2D eigenvalue weighted by molar-refractivity contribution is -0.124. The monoisotopic (exact) mass is 304 g/mol. The first kappa shape index (κ1) is 15.5. The molecule has 2 unspecified atom stereocenters. The molecule has 122 valence electrons. The summed E-state index contributed by atoms with van der Waals surface area (Å²) in [5.74, 6) is 0.432. The zero-order valence-electron chi connectivity index (χ0n) is 14.1. The number of amides is 1. The summed E-state index contributed by atoms with van der Waals surface area (Å²) in [6.07, 6.45) is 7.20. The van der Waals surface area contributed by atoms with Gasteiger partial charge in [-0.2, -0.15) is 5.10 Å². The zero-order valence-corrected chi connectivity index (χ0v) is 14.1. The van der Waals surface area contributed by atoms with E-state index in [2.05, 4.69) is 36.5 Å². The van der Waals surface area contributed by atoms with Crippen LogP contribution < -0.4 is 10.6 Å². The van der Waals surface area contributed by atoms with E-state index in [4.69, 9.17) is 0 Å². The molecule has 1 saturated carbocycles. The number of nitrogens with one attached hydrogen (secondary N) is 2. The predicted molar refractivity (Wildman–Crippen MR) is 86.2 cm³/mol. The molecule has 2 N–H and O–H groups in total. The van der Waals surface area contributed by atoms with Crippen LogP contribution in [0.25, 0.3) is 0 Å². The molecule has 0 radical (unpaired) electrons. The summed E-state index contributed by atoms with van der Waals surface area (Å²) >= 11 is 0. The molecule has 2 heterocycles. The summed E-state index contributed by atoms with van der Waals surface area (Å²) in [6.45, 7) is 8.60. The fourth-order valence-electron chi connectivity index (χ4n) is 3.83. The van der Waals surface area contributed by atoms with Gasteiger partial charge in [-0.15, -0.1) is 0 Å². The Bertz CT molecular complexity index is 551. The molecule has 1 saturated heterocycles. The summed E-state index contributed by atoms with van der Waals surface area (Å²) in [6, 6.07) is 0.00747. The number of aromatic nitrogens is 2. The highest BCUT2D eigenvalue weighted by Crippen LogP contribution is 2.58. The Kier molecular flexibility index (Phi) is 3.79. The van der Waals surface area contributed by atoms with Gasteiger partial charge in [0.25, 0.3) is 0 Å². The van der Waals surface area contributed by atoms with Crippen LogP contribution in [0.15, 0.2) is 12.4 Å². The van der Waals surface area contributed by atoms with E-state index in [0.29, 0.717) is 0 Å². The number of hydrogen-bond donors (Lipinski definition) is 2. The highest BCUT2D eigenvalue weighted by molar-refractivity contribution is 5.83. The SMILES string of the molecule is Cn1cc(C(NC(=O)C2CC23CCNCC3)C(C)(C)C)cn1. The van der Waals surface area contributed by atoms with E-state index >= 15 is 0 Å². The van der Waals surface area contributed by atoms with Crippen molar-refractivity contribution in [2.24, 2.45) is 23.8 Å². The molecule has 2 aliphatic rings. The van der Waals surface area contributed by atoms with Crippen LogP contribution in [0.5, 0.6) is 0 Å².